The molecule has 1 aliphatic heterocycles. The van der Waals surface area contributed by atoms with Crippen LogP contribution in [0.15, 0.2) is 0 Å². The molecule has 1 fully saturated rings. The van der Waals surface area contributed by atoms with E-state index in [1.807, 2.05) is 0 Å². The van der Waals surface area contributed by atoms with Crippen LogP contribution in [-0.2, 0) is 0 Å². The fourth-order valence-corrected chi connectivity index (χ4v) is 2.89. The molecule has 1 saturated heterocycles. The van der Waals surface area contributed by atoms with Crippen molar-refractivity contribution in [2.75, 3.05) is 31.1 Å². The first kappa shape index (κ1) is 11.3. The molecule has 0 aromatic carbocycles. The van der Waals surface area contributed by atoms with Crippen molar-refractivity contribution >= 4 is 11.8 Å². The van der Waals surface area contributed by atoms with Crippen molar-refractivity contribution in [2.24, 2.45) is 17.6 Å². The van der Waals surface area contributed by atoms with Crippen molar-refractivity contribution < 1.29 is 0 Å². The first-order valence-electron chi connectivity index (χ1n) is 5.31. The fourth-order valence-electron chi connectivity index (χ4n) is 1.55. The number of nitrogens with two attached hydrogens (primary N) is 1. The average molecular weight is 202 g/mol. The Balaban J connectivity index is 1.98. The minimum atomic E-state index is 0.687. The minimum Gasteiger partial charge on any atom is -0.330 e. The van der Waals surface area contributed by atoms with Gasteiger partial charge in [0.25, 0.3) is 0 Å². The second-order valence-corrected chi connectivity index (χ2v) is 5.15. The van der Waals surface area contributed by atoms with Crippen molar-refractivity contribution in [1.82, 2.24) is 5.32 Å². The van der Waals surface area contributed by atoms with E-state index in [0.717, 1.165) is 12.5 Å². The Kier molecular flexibility index (Phi) is 5.83. The highest BCUT2D eigenvalue weighted by atomic mass is 32.2. The second-order valence-electron chi connectivity index (χ2n) is 4.07. The zero-order valence-electron chi connectivity index (χ0n) is 8.59. The third kappa shape index (κ3) is 4.89. The molecule has 78 valence electrons. The van der Waals surface area contributed by atoms with E-state index in [0.29, 0.717) is 5.92 Å². The smallest absolute Gasteiger partial charge is 0.00296 e. The maximum atomic E-state index is 5.57. The number of hydrogen-bond acceptors (Lipinski definition) is 3. The molecule has 1 rings (SSSR count). The number of piperidine rings is 1. The Hall–Kier alpha value is 0.270. The van der Waals surface area contributed by atoms with Crippen LogP contribution in [0.1, 0.15) is 19.8 Å². The number of hydrogen-bond donors (Lipinski definition) is 2. The van der Waals surface area contributed by atoms with E-state index in [1.165, 1.54) is 37.4 Å². The van der Waals surface area contributed by atoms with Crippen molar-refractivity contribution in [3.63, 3.8) is 0 Å². The van der Waals surface area contributed by atoms with Gasteiger partial charge in [-0.05, 0) is 55.8 Å². The molecule has 0 aliphatic carbocycles. The van der Waals surface area contributed by atoms with Gasteiger partial charge in [-0.2, -0.15) is 11.8 Å². The number of rotatable bonds is 5. The summed E-state index contributed by atoms with van der Waals surface area (Å²) in [5, 5.41) is 3.40. The summed E-state index contributed by atoms with van der Waals surface area (Å²) in [5.74, 6) is 4.22. The van der Waals surface area contributed by atoms with Gasteiger partial charge >= 0.3 is 0 Å². The van der Waals surface area contributed by atoms with E-state index in [4.69, 9.17) is 5.73 Å². The summed E-state index contributed by atoms with van der Waals surface area (Å²) in [4.78, 5) is 0. The molecular formula is C10H22N2S. The zero-order chi connectivity index (χ0) is 9.52. The molecule has 13 heavy (non-hydrogen) atoms. The van der Waals surface area contributed by atoms with Crippen molar-refractivity contribution in [3.8, 4) is 0 Å². The maximum absolute atomic E-state index is 5.57. The molecule has 0 spiro atoms. The summed E-state index contributed by atoms with van der Waals surface area (Å²) in [7, 11) is 0. The largest absolute Gasteiger partial charge is 0.330 e. The average Bonchev–Trinajstić information content (AvgIpc) is 2.19. The Labute approximate surface area is 86.0 Å². The molecule has 1 aliphatic rings. The Morgan fingerprint density at radius 2 is 2.15 bits per heavy atom. The first-order chi connectivity index (χ1) is 6.33. The molecule has 2 nitrogen and oxygen atoms in total. The lowest BCUT2D eigenvalue weighted by Gasteiger charge is -2.22. The summed E-state index contributed by atoms with van der Waals surface area (Å²) in [6, 6.07) is 0. The van der Waals surface area contributed by atoms with E-state index in [2.05, 4.69) is 24.0 Å². The normalized spacial score (nSPS) is 21.7. The topological polar surface area (TPSA) is 38.0 Å². The standard InChI is InChI=1S/C10H22N2S/c1-9(6-11)7-13-8-10-2-4-12-5-3-10/h9-10,12H,2-8,11H2,1H3. The van der Waals surface area contributed by atoms with E-state index < -0.39 is 0 Å². The highest BCUT2D eigenvalue weighted by molar-refractivity contribution is 7.99. The lowest BCUT2D eigenvalue weighted by molar-refractivity contribution is 0.407. The lowest BCUT2D eigenvalue weighted by Crippen LogP contribution is -2.29. The van der Waals surface area contributed by atoms with Gasteiger partial charge in [0.05, 0.1) is 0 Å². The van der Waals surface area contributed by atoms with Crippen LogP contribution >= 0.6 is 11.8 Å². The van der Waals surface area contributed by atoms with E-state index in [9.17, 15) is 0 Å². The van der Waals surface area contributed by atoms with Gasteiger partial charge < -0.3 is 11.1 Å². The Bertz CT molecular complexity index is 124. The third-order valence-corrected chi connectivity index (χ3v) is 4.13. The Morgan fingerprint density at radius 3 is 2.77 bits per heavy atom. The van der Waals surface area contributed by atoms with E-state index in [1.54, 1.807) is 0 Å². The summed E-state index contributed by atoms with van der Waals surface area (Å²) < 4.78 is 0. The SMILES string of the molecule is CC(CN)CSCC1CCNCC1. The van der Waals surface area contributed by atoms with Crippen LogP contribution in [0.2, 0.25) is 0 Å². The fraction of sp³-hybridized carbons (Fsp3) is 1.00. The van der Waals surface area contributed by atoms with E-state index >= 15 is 0 Å². The van der Waals surface area contributed by atoms with E-state index in [-0.39, 0.29) is 0 Å². The number of nitrogens with one attached hydrogen (secondary N) is 1. The van der Waals surface area contributed by atoms with Crippen LogP contribution in [0, 0.1) is 11.8 Å². The molecule has 0 aromatic heterocycles. The van der Waals surface area contributed by atoms with Crippen LogP contribution < -0.4 is 11.1 Å². The Morgan fingerprint density at radius 1 is 1.46 bits per heavy atom. The zero-order valence-corrected chi connectivity index (χ0v) is 9.41. The molecule has 3 N–H and O–H groups in total. The van der Waals surface area contributed by atoms with Gasteiger partial charge in [0.1, 0.15) is 0 Å². The first-order valence-corrected chi connectivity index (χ1v) is 6.47. The molecule has 1 unspecified atom stereocenters. The summed E-state index contributed by atoms with van der Waals surface area (Å²) in [6.45, 7) is 5.50. The number of thioether (sulfide) groups is 1. The van der Waals surface area contributed by atoms with Crippen LogP contribution in [0.3, 0.4) is 0 Å². The third-order valence-electron chi connectivity index (χ3n) is 2.62. The predicted molar refractivity (Wildman–Crippen MR) is 61.1 cm³/mol. The van der Waals surface area contributed by atoms with Gasteiger partial charge in [0.2, 0.25) is 0 Å². The molecule has 0 aromatic rings. The second kappa shape index (κ2) is 6.68. The minimum absolute atomic E-state index is 0.687. The quantitative estimate of drug-likeness (QED) is 0.706. The molecule has 0 radical (unpaired) electrons. The van der Waals surface area contributed by atoms with Crippen molar-refractivity contribution in [2.45, 2.75) is 19.8 Å². The molecule has 0 amide bonds. The lowest BCUT2D eigenvalue weighted by atomic mass is 10.0. The highest BCUT2D eigenvalue weighted by Gasteiger charge is 2.12. The van der Waals surface area contributed by atoms with Gasteiger partial charge in [-0.1, -0.05) is 6.92 Å². The summed E-state index contributed by atoms with van der Waals surface area (Å²) >= 11 is 2.08. The molecule has 0 bridgehead atoms. The predicted octanol–water partition coefficient (Wildman–Crippen LogP) is 1.31. The monoisotopic (exact) mass is 202 g/mol. The van der Waals surface area contributed by atoms with Crippen LogP contribution in [0.5, 0.6) is 0 Å². The van der Waals surface area contributed by atoms with Crippen molar-refractivity contribution in [1.29, 1.82) is 0 Å². The van der Waals surface area contributed by atoms with Gasteiger partial charge in [0, 0.05) is 0 Å². The molecule has 3 heteroatoms. The van der Waals surface area contributed by atoms with Crippen LogP contribution in [0.25, 0.3) is 0 Å². The van der Waals surface area contributed by atoms with Crippen LogP contribution in [0.4, 0.5) is 0 Å². The van der Waals surface area contributed by atoms with Crippen LogP contribution in [-0.4, -0.2) is 31.1 Å². The molecular weight excluding hydrogens is 180 g/mol. The van der Waals surface area contributed by atoms with Crippen molar-refractivity contribution in [3.05, 3.63) is 0 Å². The summed E-state index contributed by atoms with van der Waals surface area (Å²) in [6.07, 6.45) is 2.73. The molecule has 1 atom stereocenters. The van der Waals surface area contributed by atoms with Gasteiger partial charge in [0.15, 0.2) is 0 Å². The van der Waals surface area contributed by atoms with Gasteiger partial charge in [-0.3, -0.25) is 0 Å². The molecule has 1 heterocycles. The van der Waals surface area contributed by atoms with Gasteiger partial charge in [-0.25, -0.2) is 0 Å². The molecule has 0 saturated carbocycles. The maximum Gasteiger partial charge on any atom is -0.00296 e. The summed E-state index contributed by atoms with van der Waals surface area (Å²) in [5.41, 5.74) is 5.57. The van der Waals surface area contributed by atoms with Gasteiger partial charge in [-0.15, -0.1) is 0 Å². The highest BCUT2D eigenvalue weighted by Crippen LogP contribution is 2.19.